The Morgan fingerprint density at radius 3 is 2.29 bits per heavy atom. The van der Waals surface area contributed by atoms with E-state index >= 15 is 0 Å². The third kappa shape index (κ3) is 6.12. The Balaban J connectivity index is 0.00000103. The minimum atomic E-state index is -0.577. The average molecular weight is 468 g/mol. The van der Waals surface area contributed by atoms with E-state index in [-0.39, 0.29) is 30.9 Å². The van der Waals surface area contributed by atoms with Crippen LogP contribution in [0.4, 0.5) is 0 Å². The van der Waals surface area contributed by atoms with Gasteiger partial charge in [0.1, 0.15) is 17.5 Å². The zero-order valence-electron chi connectivity index (χ0n) is 18.8. The lowest BCUT2D eigenvalue weighted by Gasteiger charge is -2.33. The maximum Gasteiger partial charge on any atom is 0.290 e. The summed E-state index contributed by atoms with van der Waals surface area (Å²) >= 11 is 0. The minimum Gasteiger partial charge on any atom is -0.483 e. The van der Waals surface area contributed by atoms with Gasteiger partial charge in [-0.15, -0.1) is 0 Å². The van der Waals surface area contributed by atoms with Crippen molar-refractivity contribution in [2.24, 2.45) is 11.7 Å². The van der Waals surface area contributed by atoms with Crippen molar-refractivity contribution in [3.05, 3.63) is 60.2 Å². The minimum absolute atomic E-state index is 0.0464. The zero-order chi connectivity index (χ0) is 24.5. The van der Waals surface area contributed by atoms with Gasteiger partial charge >= 0.3 is 0 Å². The number of fused-ring (bicyclic) bond motifs is 1. The normalized spacial score (nSPS) is 20.8. The van der Waals surface area contributed by atoms with Gasteiger partial charge in [-0.05, 0) is 61.6 Å². The highest BCUT2D eigenvalue weighted by molar-refractivity contribution is 5.97. The van der Waals surface area contributed by atoms with E-state index in [4.69, 9.17) is 20.4 Å². The molecule has 0 bridgehead atoms. The lowest BCUT2D eigenvalue weighted by atomic mass is 9.84. The number of primary amides is 1. The number of carbonyl (C=O) groups excluding carboxylic acids is 3. The Hall–Kier alpha value is -3.88. The standard InChI is InChI=1S/C24H27N3O4.CH2O2/c25-23(29)21-14-17-6-4-5-9-20(17)27(21)22(28)15-26-24(30)16-10-12-19(13-11-16)31-18-7-2-1-3-8-18;2-1-3/h1-3,7-8,10-13,17,20-21H,4-6,9,14-15H2,(H2,25,29)(H,26,30);1H,(H,2,3). The molecule has 34 heavy (non-hydrogen) atoms. The van der Waals surface area contributed by atoms with Crippen LogP contribution in [-0.2, 0) is 14.4 Å². The van der Waals surface area contributed by atoms with E-state index in [0.29, 0.717) is 29.4 Å². The van der Waals surface area contributed by atoms with Crippen molar-refractivity contribution in [2.45, 2.75) is 44.2 Å². The molecule has 9 nitrogen and oxygen atoms in total. The summed E-state index contributed by atoms with van der Waals surface area (Å²) in [5.74, 6) is 0.570. The summed E-state index contributed by atoms with van der Waals surface area (Å²) in [6.45, 7) is -0.409. The number of carboxylic acid groups (broad SMARTS) is 1. The number of para-hydroxylation sites is 1. The lowest BCUT2D eigenvalue weighted by Crippen LogP contribution is -2.51. The second kappa shape index (κ2) is 11.8. The number of ether oxygens (including phenoxy) is 1. The maximum absolute atomic E-state index is 12.9. The number of amides is 3. The maximum atomic E-state index is 12.9. The molecule has 4 rings (SSSR count). The van der Waals surface area contributed by atoms with E-state index in [0.717, 1.165) is 25.7 Å². The second-order valence-corrected chi connectivity index (χ2v) is 8.29. The van der Waals surface area contributed by atoms with Gasteiger partial charge < -0.3 is 25.8 Å². The molecule has 1 aliphatic carbocycles. The van der Waals surface area contributed by atoms with Crippen molar-refractivity contribution < 1.29 is 29.0 Å². The lowest BCUT2D eigenvalue weighted by molar-refractivity contribution is -0.138. The first-order chi connectivity index (χ1) is 16.4. The average Bonchev–Trinajstić information content (AvgIpc) is 3.24. The van der Waals surface area contributed by atoms with Crippen molar-refractivity contribution in [3.8, 4) is 11.5 Å². The van der Waals surface area contributed by atoms with Gasteiger partial charge in [0.2, 0.25) is 11.8 Å². The summed E-state index contributed by atoms with van der Waals surface area (Å²) in [4.78, 5) is 47.3. The molecule has 4 N–H and O–H groups in total. The van der Waals surface area contributed by atoms with Crippen LogP contribution < -0.4 is 15.8 Å². The molecule has 3 amide bonds. The number of nitrogens with zero attached hydrogens (tertiary/aromatic N) is 1. The van der Waals surface area contributed by atoms with Crippen LogP contribution in [0.1, 0.15) is 42.5 Å². The number of hydrogen-bond donors (Lipinski definition) is 3. The smallest absolute Gasteiger partial charge is 0.290 e. The Kier molecular flexibility index (Phi) is 8.61. The molecule has 1 heterocycles. The van der Waals surface area contributed by atoms with Crippen molar-refractivity contribution in [1.29, 1.82) is 0 Å². The van der Waals surface area contributed by atoms with Gasteiger partial charge in [-0.2, -0.15) is 0 Å². The van der Waals surface area contributed by atoms with E-state index in [9.17, 15) is 14.4 Å². The SMILES string of the molecule is NC(=O)C1CC2CCCCC2N1C(=O)CNC(=O)c1ccc(Oc2ccccc2)cc1.O=CO. The number of nitrogens with one attached hydrogen (secondary N) is 1. The van der Waals surface area contributed by atoms with Crippen LogP contribution in [-0.4, -0.2) is 52.8 Å². The van der Waals surface area contributed by atoms with Crippen LogP contribution in [0.2, 0.25) is 0 Å². The summed E-state index contributed by atoms with van der Waals surface area (Å²) in [5, 5.41) is 9.57. The summed E-state index contributed by atoms with van der Waals surface area (Å²) in [6.07, 6.45) is 4.69. The monoisotopic (exact) mass is 467 g/mol. The van der Waals surface area contributed by atoms with Crippen LogP contribution in [0, 0.1) is 5.92 Å². The Bertz CT molecular complexity index is 995. The highest BCUT2D eigenvalue weighted by atomic mass is 16.5. The molecule has 180 valence electrons. The van der Waals surface area contributed by atoms with Gasteiger partial charge in [0.15, 0.2) is 0 Å². The Labute approximate surface area is 197 Å². The molecule has 2 aromatic carbocycles. The molecule has 0 aromatic heterocycles. The molecule has 1 saturated carbocycles. The Morgan fingerprint density at radius 1 is 1.03 bits per heavy atom. The third-order valence-electron chi connectivity index (χ3n) is 6.20. The molecule has 0 radical (unpaired) electrons. The number of hydrogen-bond acceptors (Lipinski definition) is 5. The van der Waals surface area contributed by atoms with Gasteiger partial charge in [0.25, 0.3) is 12.4 Å². The van der Waals surface area contributed by atoms with E-state index in [1.54, 1.807) is 29.2 Å². The highest BCUT2D eigenvalue weighted by Gasteiger charge is 2.46. The molecule has 3 atom stereocenters. The number of carbonyl (C=O) groups is 4. The molecule has 9 heteroatoms. The number of likely N-dealkylation sites (tertiary alicyclic amines) is 1. The van der Waals surface area contributed by atoms with Crippen LogP contribution in [0.3, 0.4) is 0 Å². The molecule has 1 aliphatic heterocycles. The number of rotatable bonds is 6. The van der Waals surface area contributed by atoms with Crippen LogP contribution in [0.25, 0.3) is 0 Å². The summed E-state index contributed by atoms with van der Waals surface area (Å²) in [7, 11) is 0. The van der Waals surface area contributed by atoms with E-state index in [1.807, 2.05) is 30.3 Å². The third-order valence-corrected chi connectivity index (χ3v) is 6.20. The predicted octanol–water partition coefficient (Wildman–Crippen LogP) is 2.55. The summed E-state index contributed by atoms with van der Waals surface area (Å²) < 4.78 is 5.73. The number of nitrogens with two attached hydrogens (primary N) is 1. The first kappa shape index (κ1) is 24.8. The number of benzene rings is 2. The van der Waals surface area contributed by atoms with E-state index in [1.165, 1.54) is 0 Å². The zero-order valence-corrected chi connectivity index (χ0v) is 18.8. The van der Waals surface area contributed by atoms with Gasteiger partial charge in [0, 0.05) is 11.6 Å². The first-order valence-corrected chi connectivity index (χ1v) is 11.2. The van der Waals surface area contributed by atoms with Gasteiger partial charge in [-0.3, -0.25) is 19.2 Å². The topological polar surface area (TPSA) is 139 Å². The second-order valence-electron chi connectivity index (χ2n) is 8.29. The van der Waals surface area contributed by atoms with Crippen LogP contribution in [0.15, 0.2) is 54.6 Å². The van der Waals surface area contributed by atoms with Gasteiger partial charge in [0.05, 0.1) is 6.54 Å². The fourth-order valence-electron chi connectivity index (χ4n) is 4.72. The van der Waals surface area contributed by atoms with Crippen molar-refractivity contribution >= 4 is 24.2 Å². The molecule has 2 aliphatic rings. The Morgan fingerprint density at radius 2 is 1.65 bits per heavy atom. The molecule has 3 unspecified atom stereocenters. The van der Waals surface area contributed by atoms with Gasteiger partial charge in [-0.25, -0.2) is 0 Å². The fraction of sp³-hybridized carbons (Fsp3) is 0.360. The molecule has 2 fully saturated rings. The molecular formula is C25H29N3O6. The quantitative estimate of drug-likeness (QED) is 0.558. The first-order valence-electron chi connectivity index (χ1n) is 11.2. The van der Waals surface area contributed by atoms with Crippen molar-refractivity contribution in [2.75, 3.05) is 6.54 Å². The largest absolute Gasteiger partial charge is 0.483 e. The van der Waals surface area contributed by atoms with Gasteiger partial charge in [-0.1, -0.05) is 31.0 Å². The molecular weight excluding hydrogens is 438 g/mol. The van der Waals surface area contributed by atoms with Crippen molar-refractivity contribution in [3.63, 3.8) is 0 Å². The van der Waals surface area contributed by atoms with Crippen molar-refractivity contribution in [1.82, 2.24) is 10.2 Å². The molecule has 2 aromatic rings. The molecule has 1 saturated heterocycles. The van der Waals surface area contributed by atoms with E-state index in [2.05, 4.69) is 5.32 Å². The summed E-state index contributed by atoms with van der Waals surface area (Å²) in [6, 6.07) is 15.6. The predicted molar refractivity (Wildman–Crippen MR) is 124 cm³/mol. The van der Waals surface area contributed by atoms with Crippen LogP contribution in [0.5, 0.6) is 11.5 Å². The highest BCUT2D eigenvalue weighted by Crippen LogP contribution is 2.39. The van der Waals surface area contributed by atoms with Crippen LogP contribution >= 0.6 is 0 Å². The molecule has 0 spiro atoms. The summed E-state index contributed by atoms with van der Waals surface area (Å²) in [5.41, 5.74) is 5.99. The fourth-order valence-corrected chi connectivity index (χ4v) is 4.72. The van der Waals surface area contributed by atoms with E-state index < -0.39 is 11.9 Å².